The predicted octanol–water partition coefficient (Wildman–Crippen LogP) is 2.61. The van der Waals surface area contributed by atoms with E-state index >= 15 is 0 Å². The maximum atomic E-state index is 12.6. The second-order valence-corrected chi connectivity index (χ2v) is 6.01. The van der Waals surface area contributed by atoms with Crippen molar-refractivity contribution in [2.75, 3.05) is 11.9 Å². The summed E-state index contributed by atoms with van der Waals surface area (Å²) < 4.78 is 0. The summed E-state index contributed by atoms with van der Waals surface area (Å²) in [5, 5.41) is 14.9. The van der Waals surface area contributed by atoms with Gasteiger partial charge in [-0.3, -0.25) is 9.59 Å². The Balaban J connectivity index is 1.71. The highest BCUT2D eigenvalue weighted by Gasteiger charge is 2.21. The molecule has 0 heterocycles. The zero-order valence-corrected chi connectivity index (χ0v) is 13.7. The van der Waals surface area contributed by atoms with Crippen molar-refractivity contribution in [3.8, 4) is 0 Å². The molecule has 0 fully saturated rings. The summed E-state index contributed by atoms with van der Waals surface area (Å²) in [4.78, 5) is 24.9. The van der Waals surface area contributed by atoms with Gasteiger partial charge in [-0.25, -0.2) is 0 Å². The van der Waals surface area contributed by atoms with E-state index < -0.39 is 0 Å². The Labute approximate surface area is 146 Å². The lowest BCUT2D eigenvalue weighted by Crippen LogP contribution is -2.33. The maximum Gasteiger partial charge on any atom is 0.255 e. The molecule has 0 bridgehead atoms. The molecule has 1 aliphatic carbocycles. The summed E-state index contributed by atoms with van der Waals surface area (Å²) in [7, 11) is 0. The lowest BCUT2D eigenvalue weighted by Gasteiger charge is -2.15. The number of aliphatic hydroxyl groups excluding tert-OH is 1. The number of benzene rings is 2. The molecule has 0 aliphatic heterocycles. The standard InChI is InChI=1S/C20H20N2O3/c23-13-14-10-11-16(12-14)21-20(25)17-8-4-5-9-18(17)22-19(24)15-6-2-1-3-7-15/h1-11,14,16,23H,12-13H2,(H,21,25)(H,22,24)/t14-,16+/m0/s1. The lowest BCUT2D eigenvalue weighted by atomic mass is 10.1. The van der Waals surface area contributed by atoms with Gasteiger partial charge >= 0.3 is 0 Å². The molecule has 0 aromatic heterocycles. The number of nitrogens with one attached hydrogen (secondary N) is 2. The van der Waals surface area contributed by atoms with Crippen LogP contribution in [-0.4, -0.2) is 29.6 Å². The molecule has 2 aromatic rings. The van der Waals surface area contributed by atoms with E-state index in [1.54, 1.807) is 48.5 Å². The van der Waals surface area contributed by atoms with E-state index in [-0.39, 0.29) is 30.4 Å². The van der Waals surface area contributed by atoms with Gasteiger partial charge < -0.3 is 15.7 Å². The van der Waals surface area contributed by atoms with Gasteiger partial charge in [0.25, 0.3) is 11.8 Å². The van der Waals surface area contributed by atoms with Crippen LogP contribution in [0.3, 0.4) is 0 Å². The van der Waals surface area contributed by atoms with Crippen LogP contribution in [0.25, 0.3) is 0 Å². The van der Waals surface area contributed by atoms with Gasteiger partial charge in [-0.05, 0) is 30.7 Å². The highest BCUT2D eigenvalue weighted by molar-refractivity contribution is 6.09. The van der Waals surface area contributed by atoms with Crippen molar-refractivity contribution in [2.24, 2.45) is 5.92 Å². The number of amides is 2. The van der Waals surface area contributed by atoms with Crippen LogP contribution in [0.4, 0.5) is 5.69 Å². The van der Waals surface area contributed by atoms with Gasteiger partial charge in [0.05, 0.1) is 11.3 Å². The molecule has 128 valence electrons. The van der Waals surface area contributed by atoms with Gasteiger partial charge in [0.15, 0.2) is 0 Å². The third kappa shape index (κ3) is 4.14. The third-order valence-corrected chi connectivity index (χ3v) is 4.18. The molecule has 2 atom stereocenters. The Morgan fingerprint density at radius 2 is 1.68 bits per heavy atom. The first-order valence-electron chi connectivity index (χ1n) is 8.23. The van der Waals surface area contributed by atoms with Gasteiger partial charge in [0.1, 0.15) is 0 Å². The van der Waals surface area contributed by atoms with Crippen LogP contribution in [-0.2, 0) is 0 Å². The molecule has 25 heavy (non-hydrogen) atoms. The number of carbonyl (C=O) groups is 2. The van der Waals surface area contributed by atoms with Gasteiger partial charge in [0, 0.05) is 24.1 Å². The van der Waals surface area contributed by atoms with Crippen LogP contribution in [0.15, 0.2) is 66.7 Å². The number of hydrogen-bond donors (Lipinski definition) is 3. The molecule has 0 radical (unpaired) electrons. The van der Waals surface area contributed by atoms with E-state index in [0.29, 0.717) is 23.2 Å². The SMILES string of the molecule is O=C(Nc1ccccc1C(=O)N[C@@H]1C=C[C@H](CO)C1)c1ccccc1. The van der Waals surface area contributed by atoms with Crippen molar-refractivity contribution < 1.29 is 14.7 Å². The minimum absolute atomic E-state index is 0.0760. The van der Waals surface area contributed by atoms with E-state index in [9.17, 15) is 14.7 Å². The minimum Gasteiger partial charge on any atom is -0.396 e. The van der Waals surface area contributed by atoms with Gasteiger partial charge in [-0.2, -0.15) is 0 Å². The average molecular weight is 336 g/mol. The second kappa shape index (κ2) is 7.77. The molecule has 0 saturated heterocycles. The summed E-state index contributed by atoms with van der Waals surface area (Å²) >= 11 is 0. The molecular formula is C20H20N2O3. The zero-order chi connectivity index (χ0) is 17.6. The smallest absolute Gasteiger partial charge is 0.255 e. The Bertz CT molecular complexity index is 787. The molecule has 0 unspecified atom stereocenters. The molecule has 0 saturated carbocycles. The molecule has 3 rings (SSSR count). The van der Waals surface area contributed by atoms with Crippen molar-refractivity contribution >= 4 is 17.5 Å². The Hall–Kier alpha value is -2.92. The minimum atomic E-state index is -0.262. The van der Waals surface area contributed by atoms with Crippen LogP contribution < -0.4 is 10.6 Å². The maximum absolute atomic E-state index is 12.6. The van der Waals surface area contributed by atoms with Gasteiger partial charge in [-0.15, -0.1) is 0 Å². The lowest BCUT2D eigenvalue weighted by molar-refractivity contribution is 0.0942. The first-order chi connectivity index (χ1) is 12.2. The third-order valence-electron chi connectivity index (χ3n) is 4.18. The first kappa shape index (κ1) is 16.9. The molecule has 5 nitrogen and oxygen atoms in total. The van der Waals surface area contributed by atoms with Crippen molar-refractivity contribution in [2.45, 2.75) is 12.5 Å². The Morgan fingerprint density at radius 3 is 2.40 bits per heavy atom. The fraction of sp³-hybridized carbons (Fsp3) is 0.200. The van der Waals surface area contributed by atoms with Gasteiger partial charge in [0.2, 0.25) is 0 Å². The highest BCUT2D eigenvalue weighted by Crippen LogP contribution is 2.20. The quantitative estimate of drug-likeness (QED) is 0.735. The number of carbonyl (C=O) groups excluding carboxylic acids is 2. The fourth-order valence-electron chi connectivity index (χ4n) is 2.84. The molecule has 5 heteroatoms. The van der Waals surface area contributed by atoms with Crippen molar-refractivity contribution in [3.63, 3.8) is 0 Å². The van der Waals surface area contributed by atoms with Crippen LogP contribution in [0.1, 0.15) is 27.1 Å². The topological polar surface area (TPSA) is 78.4 Å². The normalized spacial score (nSPS) is 18.8. The Kier molecular flexibility index (Phi) is 5.26. The predicted molar refractivity (Wildman–Crippen MR) is 96.4 cm³/mol. The number of para-hydroxylation sites is 1. The molecule has 2 amide bonds. The molecule has 3 N–H and O–H groups in total. The summed E-state index contributed by atoms with van der Waals surface area (Å²) in [6.45, 7) is 0.0760. The Morgan fingerprint density at radius 1 is 0.960 bits per heavy atom. The highest BCUT2D eigenvalue weighted by atomic mass is 16.3. The monoisotopic (exact) mass is 336 g/mol. The van der Waals surface area contributed by atoms with Crippen molar-refractivity contribution in [1.82, 2.24) is 5.32 Å². The number of aliphatic hydroxyl groups is 1. The molecule has 2 aromatic carbocycles. The van der Waals surface area contributed by atoms with Crippen LogP contribution in [0.5, 0.6) is 0 Å². The summed E-state index contributed by atoms with van der Waals surface area (Å²) in [6, 6.07) is 15.7. The first-order valence-corrected chi connectivity index (χ1v) is 8.23. The molecule has 1 aliphatic rings. The van der Waals surface area contributed by atoms with E-state index in [1.165, 1.54) is 0 Å². The fourth-order valence-corrected chi connectivity index (χ4v) is 2.84. The number of anilines is 1. The largest absolute Gasteiger partial charge is 0.396 e. The van der Waals surface area contributed by atoms with Crippen LogP contribution in [0, 0.1) is 5.92 Å². The molecule has 0 spiro atoms. The molecular weight excluding hydrogens is 316 g/mol. The number of rotatable bonds is 5. The van der Waals surface area contributed by atoms with Crippen molar-refractivity contribution in [3.05, 3.63) is 77.9 Å². The van der Waals surface area contributed by atoms with E-state index in [2.05, 4.69) is 10.6 Å². The van der Waals surface area contributed by atoms with E-state index in [4.69, 9.17) is 0 Å². The average Bonchev–Trinajstić information content (AvgIpc) is 3.10. The summed E-state index contributed by atoms with van der Waals surface area (Å²) in [5.41, 5.74) is 1.41. The van der Waals surface area contributed by atoms with Crippen LogP contribution >= 0.6 is 0 Å². The van der Waals surface area contributed by atoms with E-state index in [1.807, 2.05) is 18.2 Å². The van der Waals surface area contributed by atoms with Crippen LogP contribution in [0.2, 0.25) is 0 Å². The summed E-state index contributed by atoms with van der Waals surface area (Å²) in [5.74, 6) is -0.433. The number of hydrogen-bond acceptors (Lipinski definition) is 3. The van der Waals surface area contributed by atoms with Crippen molar-refractivity contribution in [1.29, 1.82) is 0 Å². The van der Waals surface area contributed by atoms with E-state index in [0.717, 1.165) is 0 Å². The second-order valence-electron chi connectivity index (χ2n) is 6.01. The summed E-state index contributed by atoms with van der Waals surface area (Å²) in [6.07, 6.45) is 4.48. The van der Waals surface area contributed by atoms with Gasteiger partial charge in [-0.1, -0.05) is 42.5 Å². The zero-order valence-electron chi connectivity index (χ0n) is 13.7.